The van der Waals surface area contributed by atoms with Gasteiger partial charge in [-0.3, -0.25) is 13.9 Å². The number of likely N-dealkylation sites (N-methyl/N-ethyl adjacent to an activating group) is 1. The molecule has 7 nitrogen and oxygen atoms in total. The van der Waals surface area contributed by atoms with Gasteiger partial charge in [0.2, 0.25) is 0 Å². The first-order valence-corrected chi connectivity index (χ1v) is 12.7. The highest BCUT2D eigenvalue weighted by atomic mass is 16.5. The van der Waals surface area contributed by atoms with Crippen LogP contribution in [0.1, 0.15) is 30.4 Å². The van der Waals surface area contributed by atoms with Crippen LogP contribution in [0, 0.1) is 5.92 Å². The minimum atomic E-state index is -0.402. The minimum Gasteiger partial charge on any atom is -0.490 e. The third-order valence-corrected chi connectivity index (χ3v) is 7.77. The highest BCUT2D eigenvalue weighted by molar-refractivity contribution is 6.03. The van der Waals surface area contributed by atoms with E-state index < -0.39 is 6.04 Å². The number of allylic oxidation sites excluding steroid dienone is 1. The summed E-state index contributed by atoms with van der Waals surface area (Å²) >= 11 is 0. The predicted octanol–water partition coefficient (Wildman–Crippen LogP) is 2.03. The lowest BCUT2D eigenvalue weighted by Crippen LogP contribution is -2.78. The van der Waals surface area contributed by atoms with Gasteiger partial charge in [0.25, 0.3) is 11.9 Å². The Morgan fingerprint density at radius 2 is 1.86 bits per heavy atom. The van der Waals surface area contributed by atoms with Crippen LogP contribution in [-0.2, 0) is 24.8 Å². The molecule has 0 radical (unpaired) electrons. The quantitative estimate of drug-likeness (QED) is 0.559. The van der Waals surface area contributed by atoms with Gasteiger partial charge >= 0.3 is 5.69 Å². The first kappa shape index (κ1) is 22.6. The average molecular weight is 484 g/mol. The zero-order chi connectivity index (χ0) is 24.8. The van der Waals surface area contributed by atoms with E-state index in [1.165, 1.54) is 24.8 Å². The maximum atomic E-state index is 13.4. The van der Waals surface area contributed by atoms with Gasteiger partial charge in [-0.1, -0.05) is 36.8 Å². The SMILES string of the molecule is CN1C=C(c2ccc3c(c2OCC2CCC2)n(CCc2ccccc2)c(=O)n3C)C2=CC=[NH+]C2C1=O. The molecule has 1 fully saturated rings. The van der Waals surface area contributed by atoms with Gasteiger partial charge in [-0.15, -0.1) is 0 Å². The Kier molecular flexibility index (Phi) is 5.63. The number of rotatable bonds is 7. The number of fused-ring (bicyclic) bond motifs is 2. The molecule has 1 N–H and O–H groups in total. The fourth-order valence-corrected chi connectivity index (χ4v) is 5.41. The number of imidazole rings is 1. The lowest BCUT2D eigenvalue weighted by Gasteiger charge is -2.28. The Balaban J connectivity index is 1.50. The molecule has 1 saturated carbocycles. The summed E-state index contributed by atoms with van der Waals surface area (Å²) in [7, 11) is 3.60. The number of aromatic nitrogens is 2. The van der Waals surface area contributed by atoms with E-state index in [0.29, 0.717) is 19.1 Å². The number of carbonyl (C=O) groups excluding carboxylic acids is 1. The Morgan fingerprint density at radius 1 is 1.06 bits per heavy atom. The molecule has 184 valence electrons. The van der Waals surface area contributed by atoms with Crippen molar-refractivity contribution in [2.24, 2.45) is 13.0 Å². The highest BCUT2D eigenvalue weighted by Gasteiger charge is 2.39. The molecular weight excluding hydrogens is 452 g/mol. The second-order valence-corrected chi connectivity index (χ2v) is 10.0. The van der Waals surface area contributed by atoms with Crippen LogP contribution in [0.2, 0.25) is 0 Å². The number of hydrogen-bond acceptors (Lipinski definition) is 3. The molecule has 0 bridgehead atoms. The number of hydrogen-bond donors (Lipinski definition) is 1. The second kappa shape index (κ2) is 8.97. The molecule has 2 aliphatic heterocycles. The molecule has 0 spiro atoms. The van der Waals surface area contributed by atoms with Crippen molar-refractivity contribution >= 4 is 28.7 Å². The summed E-state index contributed by atoms with van der Waals surface area (Å²) in [6.07, 6.45) is 10.0. The normalized spacial score (nSPS) is 19.3. The van der Waals surface area contributed by atoms with Crippen molar-refractivity contribution in [2.45, 2.75) is 38.3 Å². The molecule has 6 rings (SSSR count). The molecule has 1 atom stereocenters. The maximum Gasteiger partial charge on any atom is 0.328 e. The van der Waals surface area contributed by atoms with E-state index in [4.69, 9.17) is 4.74 Å². The lowest BCUT2D eigenvalue weighted by molar-refractivity contribution is -0.467. The number of ether oxygens (including phenoxy) is 1. The Morgan fingerprint density at radius 3 is 2.61 bits per heavy atom. The Labute approximate surface area is 210 Å². The average Bonchev–Trinajstić information content (AvgIpc) is 3.44. The zero-order valence-electron chi connectivity index (χ0n) is 20.7. The predicted molar refractivity (Wildman–Crippen MR) is 140 cm³/mol. The van der Waals surface area contributed by atoms with Crippen molar-refractivity contribution in [3.05, 3.63) is 81.9 Å². The first-order chi connectivity index (χ1) is 17.5. The van der Waals surface area contributed by atoms with Crippen LogP contribution in [0.25, 0.3) is 16.6 Å². The molecule has 1 unspecified atom stereocenters. The summed E-state index contributed by atoms with van der Waals surface area (Å²) in [4.78, 5) is 31.0. The second-order valence-electron chi connectivity index (χ2n) is 10.0. The van der Waals surface area contributed by atoms with Crippen LogP contribution in [-0.4, -0.2) is 45.9 Å². The van der Waals surface area contributed by atoms with Crippen molar-refractivity contribution in [1.82, 2.24) is 14.0 Å². The Hall–Kier alpha value is -3.87. The molecule has 3 heterocycles. The van der Waals surface area contributed by atoms with Gasteiger partial charge in [0, 0.05) is 49.6 Å². The molecule has 1 amide bonds. The molecule has 1 aliphatic carbocycles. The molecule has 3 aliphatic rings. The van der Waals surface area contributed by atoms with Crippen molar-refractivity contribution in [2.75, 3.05) is 13.7 Å². The summed E-state index contributed by atoms with van der Waals surface area (Å²) in [6.45, 7) is 1.18. The topological polar surface area (TPSA) is 70.4 Å². The minimum absolute atomic E-state index is 0.0104. The van der Waals surface area contributed by atoms with Crippen molar-refractivity contribution in [3.63, 3.8) is 0 Å². The van der Waals surface area contributed by atoms with Crippen LogP contribution in [0.5, 0.6) is 5.75 Å². The number of benzene rings is 2. The summed E-state index contributed by atoms with van der Waals surface area (Å²) in [6, 6.07) is 13.9. The fourth-order valence-electron chi connectivity index (χ4n) is 5.41. The molecule has 1 aromatic heterocycles. The molecular formula is C29H31N4O3+. The number of carbonyl (C=O) groups is 1. The van der Waals surface area contributed by atoms with E-state index in [2.05, 4.69) is 17.1 Å². The number of amides is 1. The van der Waals surface area contributed by atoms with Gasteiger partial charge in [-0.2, -0.15) is 0 Å². The zero-order valence-corrected chi connectivity index (χ0v) is 20.7. The molecule has 7 heteroatoms. The first-order valence-electron chi connectivity index (χ1n) is 12.7. The highest BCUT2D eigenvalue weighted by Crippen LogP contribution is 2.40. The van der Waals surface area contributed by atoms with Crippen molar-refractivity contribution in [3.8, 4) is 5.75 Å². The third-order valence-electron chi connectivity index (χ3n) is 7.77. The smallest absolute Gasteiger partial charge is 0.328 e. The third kappa shape index (κ3) is 3.70. The monoisotopic (exact) mass is 483 g/mol. The number of nitrogens with one attached hydrogen (secondary N) is 1. The van der Waals surface area contributed by atoms with Gasteiger partial charge < -0.3 is 9.64 Å². The van der Waals surface area contributed by atoms with Gasteiger partial charge in [0.15, 0.2) is 12.0 Å². The van der Waals surface area contributed by atoms with Crippen LogP contribution in [0.15, 0.2) is 65.1 Å². The Bertz CT molecular complexity index is 1490. The largest absolute Gasteiger partial charge is 0.490 e. The molecule has 0 saturated heterocycles. The summed E-state index contributed by atoms with van der Waals surface area (Å²) in [5.41, 5.74) is 5.59. The fraction of sp³-hybridized carbons (Fsp3) is 0.345. The van der Waals surface area contributed by atoms with Crippen LogP contribution in [0.3, 0.4) is 0 Å². The number of nitrogens with zero attached hydrogens (tertiary/aromatic N) is 3. The molecule has 3 aromatic rings. The summed E-state index contributed by atoms with van der Waals surface area (Å²) in [5.74, 6) is 1.28. The summed E-state index contributed by atoms with van der Waals surface area (Å²) in [5, 5.41) is 0. The van der Waals surface area contributed by atoms with E-state index in [9.17, 15) is 9.59 Å². The van der Waals surface area contributed by atoms with Gasteiger partial charge in [0.05, 0.1) is 12.1 Å². The summed E-state index contributed by atoms with van der Waals surface area (Å²) < 4.78 is 10.2. The van der Waals surface area contributed by atoms with Crippen LogP contribution in [0.4, 0.5) is 0 Å². The van der Waals surface area contributed by atoms with Crippen molar-refractivity contribution in [1.29, 1.82) is 0 Å². The van der Waals surface area contributed by atoms with E-state index >= 15 is 0 Å². The maximum absolute atomic E-state index is 13.4. The van der Waals surface area contributed by atoms with Gasteiger partial charge in [-0.05, 0) is 42.9 Å². The van der Waals surface area contributed by atoms with E-state index in [-0.39, 0.29) is 11.6 Å². The van der Waals surface area contributed by atoms with Crippen LogP contribution >= 0.6 is 0 Å². The van der Waals surface area contributed by atoms with Crippen LogP contribution < -0.4 is 15.4 Å². The number of aryl methyl sites for hydroxylation is 3. The van der Waals surface area contributed by atoms with Gasteiger partial charge in [-0.25, -0.2) is 9.79 Å². The molecule has 2 aromatic carbocycles. The standard InChI is InChI=1S/C29H30N4O3/c1-31-17-23(21-13-15-30-25(21)28(31)34)22-11-12-24-26(27(22)36-18-20-9-6-10-20)33(29(35)32(24)2)16-14-19-7-4-3-5-8-19/h3-5,7-8,11-13,15,17,20,25H,6,9-10,14,16,18H2,1-2H3/p+1. The van der Waals surface area contributed by atoms with E-state index in [1.54, 1.807) is 16.5 Å². The van der Waals surface area contributed by atoms with E-state index in [0.717, 1.165) is 39.9 Å². The van der Waals surface area contributed by atoms with Crippen molar-refractivity contribution < 1.29 is 14.5 Å². The van der Waals surface area contributed by atoms with E-state index in [1.807, 2.05) is 60.4 Å². The lowest BCUT2D eigenvalue weighted by atomic mass is 9.86. The molecule has 36 heavy (non-hydrogen) atoms. The van der Waals surface area contributed by atoms with Gasteiger partial charge in [0.1, 0.15) is 5.52 Å².